The van der Waals surface area contributed by atoms with Crippen molar-refractivity contribution in [2.75, 3.05) is 11.9 Å². The van der Waals surface area contributed by atoms with E-state index in [1.54, 1.807) is 37.3 Å². The quantitative estimate of drug-likeness (QED) is 0.811. The highest BCUT2D eigenvalue weighted by molar-refractivity contribution is 6.30. The lowest BCUT2D eigenvalue weighted by Gasteiger charge is -2.14. The molecule has 2 aromatic rings. The highest BCUT2D eigenvalue weighted by Crippen LogP contribution is 2.17. The molecule has 0 heterocycles. The van der Waals surface area contributed by atoms with Crippen LogP contribution in [0.1, 0.15) is 12.5 Å². The summed E-state index contributed by atoms with van der Waals surface area (Å²) in [4.78, 5) is 23.7. The standard InChI is InChI=1S/C18H18ClNO4/c1-12-5-3-4-6-16(12)20-17(21)11-23-18(22)13(2)24-15-9-7-14(19)8-10-15/h3-10,13H,11H2,1-2H3,(H,20,21)/t13-/m1/s1. The fourth-order valence-corrected chi connectivity index (χ4v) is 2.04. The van der Waals surface area contributed by atoms with Crippen LogP contribution in [0.15, 0.2) is 48.5 Å². The number of ether oxygens (including phenoxy) is 2. The van der Waals surface area contributed by atoms with Gasteiger partial charge >= 0.3 is 5.97 Å². The number of halogens is 1. The minimum absolute atomic E-state index is 0.374. The van der Waals surface area contributed by atoms with E-state index in [0.717, 1.165) is 5.56 Å². The van der Waals surface area contributed by atoms with E-state index in [4.69, 9.17) is 21.1 Å². The van der Waals surface area contributed by atoms with Gasteiger partial charge in [0.25, 0.3) is 5.91 Å². The molecular weight excluding hydrogens is 330 g/mol. The zero-order valence-corrected chi connectivity index (χ0v) is 14.2. The van der Waals surface area contributed by atoms with Crippen molar-refractivity contribution in [2.24, 2.45) is 0 Å². The van der Waals surface area contributed by atoms with Gasteiger partial charge in [-0.3, -0.25) is 4.79 Å². The first-order chi connectivity index (χ1) is 11.5. The van der Waals surface area contributed by atoms with Crippen molar-refractivity contribution in [3.63, 3.8) is 0 Å². The monoisotopic (exact) mass is 347 g/mol. The maximum Gasteiger partial charge on any atom is 0.347 e. The van der Waals surface area contributed by atoms with Crippen LogP contribution < -0.4 is 10.1 Å². The van der Waals surface area contributed by atoms with Crippen LogP contribution in [0, 0.1) is 6.92 Å². The van der Waals surface area contributed by atoms with E-state index >= 15 is 0 Å². The van der Waals surface area contributed by atoms with Gasteiger partial charge in [-0.2, -0.15) is 0 Å². The van der Waals surface area contributed by atoms with Crippen LogP contribution >= 0.6 is 11.6 Å². The van der Waals surface area contributed by atoms with Gasteiger partial charge in [-0.05, 0) is 49.7 Å². The summed E-state index contributed by atoms with van der Waals surface area (Å²) in [5, 5.41) is 3.26. The Labute approximate surface area is 145 Å². The Morgan fingerprint density at radius 3 is 2.46 bits per heavy atom. The van der Waals surface area contributed by atoms with Crippen LogP contribution in [0.5, 0.6) is 5.75 Å². The van der Waals surface area contributed by atoms with E-state index in [-0.39, 0.29) is 6.61 Å². The molecule has 2 rings (SSSR count). The first kappa shape index (κ1) is 17.8. The Balaban J connectivity index is 1.80. The van der Waals surface area contributed by atoms with Gasteiger partial charge in [-0.15, -0.1) is 0 Å². The summed E-state index contributed by atoms with van der Waals surface area (Å²) < 4.78 is 10.4. The molecule has 1 N–H and O–H groups in total. The normalized spacial score (nSPS) is 11.5. The molecule has 0 saturated carbocycles. The fraction of sp³-hybridized carbons (Fsp3) is 0.222. The molecule has 0 aliphatic carbocycles. The minimum Gasteiger partial charge on any atom is -0.479 e. The highest BCUT2D eigenvalue weighted by Gasteiger charge is 2.18. The van der Waals surface area contributed by atoms with Crippen molar-refractivity contribution in [1.82, 2.24) is 0 Å². The average molecular weight is 348 g/mol. The number of anilines is 1. The number of hydrogen-bond donors (Lipinski definition) is 1. The molecule has 0 unspecified atom stereocenters. The van der Waals surface area contributed by atoms with E-state index in [0.29, 0.717) is 16.5 Å². The molecular formula is C18H18ClNO4. The lowest BCUT2D eigenvalue weighted by atomic mass is 10.2. The minimum atomic E-state index is -0.836. The lowest BCUT2D eigenvalue weighted by molar-refractivity contribution is -0.153. The molecule has 0 radical (unpaired) electrons. The summed E-state index contributed by atoms with van der Waals surface area (Å²) in [6.07, 6.45) is -0.836. The van der Waals surface area contributed by atoms with E-state index in [1.165, 1.54) is 0 Å². The number of esters is 1. The Morgan fingerprint density at radius 2 is 1.79 bits per heavy atom. The van der Waals surface area contributed by atoms with Crippen LogP contribution in [0.4, 0.5) is 5.69 Å². The Kier molecular flexibility index (Phi) is 6.21. The molecule has 126 valence electrons. The van der Waals surface area contributed by atoms with Gasteiger partial charge < -0.3 is 14.8 Å². The largest absolute Gasteiger partial charge is 0.479 e. The summed E-state index contributed by atoms with van der Waals surface area (Å²) in [6.45, 7) is 3.06. The molecule has 0 aromatic heterocycles. The number of para-hydroxylation sites is 1. The average Bonchev–Trinajstić information content (AvgIpc) is 2.57. The maximum absolute atomic E-state index is 11.9. The van der Waals surface area contributed by atoms with Crippen molar-refractivity contribution < 1.29 is 19.1 Å². The van der Waals surface area contributed by atoms with Gasteiger partial charge in [0.1, 0.15) is 5.75 Å². The molecule has 0 spiro atoms. The van der Waals surface area contributed by atoms with Gasteiger partial charge in [0, 0.05) is 10.7 Å². The first-order valence-electron chi connectivity index (χ1n) is 7.40. The molecule has 1 atom stereocenters. The summed E-state index contributed by atoms with van der Waals surface area (Å²) in [5.41, 5.74) is 1.61. The first-order valence-corrected chi connectivity index (χ1v) is 7.78. The number of nitrogens with one attached hydrogen (secondary N) is 1. The third kappa shape index (κ3) is 5.28. The highest BCUT2D eigenvalue weighted by atomic mass is 35.5. The SMILES string of the molecule is Cc1ccccc1NC(=O)COC(=O)[C@@H](C)Oc1ccc(Cl)cc1. The topological polar surface area (TPSA) is 64.6 Å². The molecule has 2 aromatic carbocycles. The summed E-state index contributed by atoms with van der Waals surface area (Å²) in [6, 6.07) is 14.0. The second-order valence-corrected chi connectivity index (χ2v) is 5.62. The Bertz CT molecular complexity index is 715. The molecule has 0 saturated heterocycles. The van der Waals surface area contributed by atoms with Crippen LogP contribution in [0.25, 0.3) is 0 Å². The fourth-order valence-electron chi connectivity index (χ4n) is 1.92. The third-order valence-corrected chi connectivity index (χ3v) is 3.48. The Morgan fingerprint density at radius 1 is 1.12 bits per heavy atom. The van der Waals surface area contributed by atoms with Gasteiger partial charge in [-0.25, -0.2) is 4.79 Å². The van der Waals surface area contributed by atoms with Crippen LogP contribution in [-0.2, 0) is 14.3 Å². The smallest absolute Gasteiger partial charge is 0.347 e. The summed E-state index contributed by atoms with van der Waals surface area (Å²) >= 11 is 5.78. The molecule has 1 amide bonds. The van der Waals surface area contributed by atoms with Gasteiger partial charge in [-0.1, -0.05) is 29.8 Å². The second kappa shape index (κ2) is 8.36. The number of hydrogen-bond acceptors (Lipinski definition) is 4. The van der Waals surface area contributed by atoms with Crippen molar-refractivity contribution >= 4 is 29.2 Å². The predicted octanol–water partition coefficient (Wildman–Crippen LogP) is 3.60. The molecule has 24 heavy (non-hydrogen) atoms. The van der Waals surface area contributed by atoms with Crippen molar-refractivity contribution in [3.8, 4) is 5.75 Å². The van der Waals surface area contributed by atoms with Crippen LogP contribution in [-0.4, -0.2) is 24.6 Å². The lowest BCUT2D eigenvalue weighted by Crippen LogP contribution is -2.29. The third-order valence-electron chi connectivity index (χ3n) is 3.22. The van der Waals surface area contributed by atoms with Gasteiger partial charge in [0.05, 0.1) is 0 Å². The van der Waals surface area contributed by atoms with E-state index in [2.05, 4.69) is 5.32 Å². The molecule has 0 aliphatic rings. The van der Waals surface area contributed by atoms with E-state index in [9.17, 15) is 9.59 Å². The van der Waals surface area contributed by atoms with Gasteiger partial charge in [0.15, 0.2) is 12.7 Å². The molecule has 6 heteroatoms. The predicted molar refractivity (Wildman–Crippen MR) is 92.3 cm³/mol. The number of carbonyl (C=O) groups is 2. The van der Waals surface area contributed by atoms with E-state index < -0.39 is 18.0 Å². The van der Waals surface area contributed by atoms with Crippen molar-refractivity contribution in [3.05, 3.63) is 59.1 Å². The van der Waals surface area contributed by atoms with Crippen molar-refractivity contribution in [2.45, 2.75) is 20.0 Å². The summed E-state index contributed by atoms with van der Waals surface area (Å²) in [5.74, 6) is -0.533. The molecule has 5 nitrogen and oxygen atoms in total. The number of aryl methyl sites for hydroxylation is 1. The van der Waals surface area contributed by atoms with Crippen LogP contribution in [0.3, 0.4) is 0 Å². The maximum atomic E-state index is 11.9. The zero-order valence-electron chi connectivity index (χ0n) is 13.4. The second-order valence-electron chi connectivity index (χ2n) is 5.18. The van der Waals surface area contributed by atoms with E-state index in [1.807, 2.05) is 25.1 Å². The van der Waals surface area contributed by atoms with Gasteiger partial charge in [0.2, 0.25) is 0 Å². The van der Waals surface area contributed by atoms with Crippen molar-refractivity contribution in [1.29, 1.82) is 0 Å². The Hall–Kier alpha value is -2.53. The summed E-state index contributed by atoms with van der Waals surface area (Å²) in [7, 11) is 0. The molecule has 0 aliphatic heterocycles. The zero-order chi connectivity index (χ0) is 17.5. The number of carbonyl (C=O) groups excluding carboxylic acids is 2. The number of benzene rings is 2. The number of amides is 1. The number of rotatable bonds is 6. The van der Waals surface area contributed by atoms with Crippen LogP contribution in [0.2, 0.25) is 5.02 Å². The molecule has 0 bridgehead atoms. The molecule has 0 fully saturated rings.